The molecule has 0 aliphatic carbocycles. The highest BCUT2D eigenvalue weighted by atomic mass is 15.2. The lowest BCUT2D eigenvalue weighted by molar-refractivity contribution is 0.228. The van der Waals surface area contributed by atoms with E-state index in [9.17, 15) is 0 Å². The van der Waals surface area contributed by atoms with Gasteiger partial charge in [0.25, 0.3) is 0 Å². The number of benzene rings is 1. The predicted octanol–water partition coefficient (Wildman–Crippen LogP) is 1.86. The van der Waals surface area contributed by atoms with Gasteiger partial charge in [-0.2, -0.15) is 0 Å². The van der Waals surface area contributed by atoms with E-state index < -0.39 is 0 Å². The molecule has 2 atom stereocenters. The molecule has 82 valence electrons. The zero-order valence-corrected chi connectivity index (χ0v) is 9.39. The lowest BCUT2D eigenvalue weighted by Crippen LogP contribution is -2.37. The van der Waals surface area contributed by atoms with Crippen molar-refractivity contribution in [2.45, 2.75) is 25.9 Å². The minimum atomic E-state index is 0.574. The summed E-state index contributed by atoms with van der Waals surface area (Å²) in [4.78, 5) is 2.51. The largest absolute Gasteiger partial charge is 0.329 e. The fraction of sp³-hybridized carbons (Fsp3) is 0.538. The first kappa shape index (κ1) is 10.7. The van der Waals surface area contributed by atoms with Crippen molar-refractivity contribution in [3.63, 3.8) is 0 Å². The van der Waals surface area contributed by atoms with Crippen LogP contribution in [0.15, 0.2) is 30.3 Å². The maximum absolute atomic E-state index is 5.83. The molecule has 1 saturated heterocycles. The lowest BCUT2D eigenvalue weighted by atomic mass is 10.0. The second kappa shape index (κ2) is 4.77. The molecule has 2 nitrogen and oxygen atoms in total. The molecule has 1 heterocycles. The topological polar surface area (TPSA) is 29.3 Å². The van der Waals surface area contributed by atoms with E-state index in [2.05, 4.69) is 42.2 Å². The summed E-state index contributed by atoms with van der Waals surface area (Å²) >= 11 is 0. The molecule has 2 rings (SSSR count). The van der Waals surface area contributed by atoms with Gasteiger partial charge in [-0.1, -0.05) is 37.3 Å². The average Bonchev–Trinajstić information content (AvgIpc) is 2.61. The van der Waals surface area contributed by atoms with Crippen molar-refractivity contribution in [1.29, 1.82) is 0 Å². The Kier molecular flexibility index (Phi) is 3.39. The summed E-state index contributed by atoms with van der Waals surface area (Å²) in [7, 11) is 0. The molecule has 0 aromatic heterocycles. The highest BCUT2D eigenvalue weighted by molar-refractivity contribution is 5.15. The first-order chi connectivity index (χ1) is 7.31. The predicted molar refractivity (Wildman–Crippen MR) is 63.5 cm³/mol. The Morgan fingerprint density at radius 1 is 1.33 bits per heavy atom. The SMILES string of the molecule is CC1CCN(Cc2ccccc2)C1CN. The van der Waals surface area contributed by atoms with Crippen LogP contribution in [0.25, 0.3) is 0 Å². The molecular weight excluding hydrogens is 184 g/mol. The van der Waals surface area contributed by atoms with Gasteiger partial charge in [0, 0.05) is 19.1 Å². The molecule has 0 bridgehead atoms. The summed E-state index contributed by atoms with van der Waals surface area (Å²) in [5.41, 5.74) is 7.22. The van der Waals surface area contributed by atoms with Crippen LogP contribution in [-0.2, 0) is 6.54 Å². The Bertz CT molecular complexity index is 297. The average molecular weight is 204 g/mol. The number of hydrogen-bond acceptors (Lipinski definition) is 2. The molecule has 0 spiro atoms. The van der Waals surface area contributed by atoms with Crippen molar-refractivity contribution in [1.82, 2.24) is 4.90 Å². The van der Waals surface area contributed by atoms with Crippen molar-refractivity contribution >= 4 is 0 Å². The number of likely N-dealkylation sites (tertiary alicyclic amines) is 1. The maximum Gasteiger partial charge on any atom is 0.0248 e. The van der Waals surface area contributed by atoms with E-state index in [0.29, 0.717) is 6.04 Å². The van der Waals surface area contributed by atoms with Crippen molar-refractivity contribution in [2.24, 2.45) is 11.7 Å². The van der Waals surface area contributed by atoms with Gasteiger partial charge in [-0.25, -0.2) is 0 Å². The summed E-state index contributed by atoms with van der Waals surface area (Å²) in [6.45, 7) is 5.33. The van der Waals surface area contributed by atoms with Gasteiger partial charge in [0.05, 0.1) is 0 Å². The second-order valence-electron chi connectivity index (χ2n) is 4.53. The third kappa shape index (κ3) is 2.39. The Balaban J connectivity index is 2.00. The quantitative estimate of drug-likeness (QED) is 0.814. The molecule has 1 aromatic carbocycles. The fourth-order valence-corrected chi connectivity index (χ4v) is 2.48. The minimum absolute atomic E-state index is 0.574. The van der Waals surface area contributed by atoms with Gasteiger partial charge in [-0.15, -0.1) is 0 Å². The van der Waals surface area contributed by atoms with E-state index in [4.69, 9.17) is 5.73 Å². The van der Waals surface area contributed by atoms with E-state index in [0.717, 1.165) is 19.0 Å². The Morgan fingerprint density at radius 3 is 2.73 bits per heavy atom. The van der Waals surface area contributed by atoms with Crippen LogP contribution in [0.1, 0.15) is 18.9 Å². The minimum Gasteiger partial charge on any atom is -0.329 e. The van der Waals surface area contributed by atoms with E-state index in [1.54, 1.807) is 0 Å². The van der Waals surface area contributed by atoms with Crippen LogP contribution in [0.2, 0.25) is 0 Å². The number of hydrogen-bond donors (Lipinski definition) is 1. The lowest BCUT2D eigenvalue weighted by Gasteiger charge is -2.25. The molecule has 1 aliphatic rings. The Labute approximate surface area is 92.1 Å². The first-order valence-corrected chi connectivity index (χ1v) is 5.79. The fourth-order valence-electron chi connectivity index (χ4n) is 2.48. The van der Waals surface area contributed by atoms with Gasteiger partial charge >= 0.3 is 0 Å². The van der Waals surface area contributed by atoms with Gasteiger partial charge in [0.15, 0.2) is 0 Å². The van der Waals surface area contributed by atoms with Crippen LogP contribution in [0.3, 0.4) is 0 Å². The number of rotatable bonds is 3. The van der Waals surface area contributed by atoms with Crippen molar-refractivity contribution < 1.29 is 0 Å². The summed E-state index contributed by atoms with van der Waals surface area (Å²) in [5, 5.41) is 0. The van der Waals surface area contributed by atoms with E-state index in [1.807, 2.05) is 0 Å². The summed E-state index contributed by atoms with van der Waals surface area (Å²) < 4.78 is 0. The summed E-state index contributed by atoms with van der Waals surface area (Å²) in [6.07, 6.45) is 1.29. The normalized spacial score (nSPS) is 27.1. The van der Waals surface area contributed by atoms with Crippen molar-refractivity contribution in [3.05, 3.63) is 35.9 Å². The van der Waals surface area contributed by atoms with Crippen LogP contribution >= 0.6 is 0 Å². The van der Waals surface area contributed by atoms with Gasteiger partial charge in [-0.05, 0) is 24.4 Å². The molecule has 2 unspecified atom stereocenters. The van der Waals surface area contributed by atoms with Gasteiger partial charge < -0.3 is 5.73 Å². The van der Waals surface area contributed by atoms with Crippen molar-refractivity contribution in [2.75, 3.05) is 13.1 Å². The number of nitrogens with two attached hydrogens (primary N) is 1. The Morgan fingerprint density at radius 2 is 2.07 bits per heavy atom. The third-order valence-electron chi connectivity index (χ3n) is 3.47. The molecule has 1 fully saturated rings. The highest BCUT2D eigenvalue weighted by Gasteiger charge is 2.29. The zero-order valence-electron chi connectivity index (χ0n) is 9.39. The molecule has 0 radical (unpaired) electrons. The molecule has 15 heavy (non-hydrogen) atoms. The van der Waals surface area contributed by atoms with Crippen LogP contribution in [0.5, 0.6) is 0 Å². The van der Waals surface area contributed by atoms with Crippen LogP contribution in [0.4, 0.5) is 0 Å². The molecule has 0 amide bonds. The second-order valence-corrected chi connectivity index (χ2v) is 4.53. The van der Waals surface area contributed by atoms with Gasteiger partial charge in [-0.3, -0.25) is 4.90 Å². The monoisotopic (exact) mass is 204 g/mol. The summed E-state index contributed by atoms with van der Waals surface area (Å²) in [6, 6.07) is 11.2. The molecule has 0 saturated carbocycles. The highest BCUT2D eigenvalue weighted by Crippen LogP contribution is 2.24. The van der Waals surface area contributed by atoms with Gasteiger partial charge in [0.2, 0.25) is 0 Å². The molecule has 1 aromatic rings. The molecule has 1 aliphatic heterocycles. The summed E-state index contributed by atoms with van der Waals surface area (Å²) in [5.74, 6) is 0.749. The molecule has 2 N–H and O–H groups in total. The van der Waals surface area contributed by atoms with Crippen LogP contribution < -0.4 is 5.73 Å². The van der Waals surface area contributed by atoms with E-state index >= 15 is 0 Å². The Hall–Kier alpha value is -0.860. The standard InChI is InChI=1S/C13H20N2/c1-11-7-8-15(13(11)9-14)10-12-5-3-2-4-6-12/h2-6,11,13H,7-10,14H2,1H3. The molecule has 2 heteroatoms. The van der Waals surface area contributed by atoms with Crippen LogP contribution in [0, 0.1) is 5.92 Å². The van der Waals surface area contributed by atoms with E-state index in [-0.39, 0.29) is 0 Å². The third-order valence-corrected chi connectivity index (χ3v) is 3.47. The zero-order chi connectivity index (χ0) is 10.7. The van der Waals surface area contributed by atoms with E-state index in [1.165, 1.54) is 18.5 Å². The van der Waals surface area contributed by atoms with Crippen LogP contribution in [-0.4, -0.2) is 24.0 Å². The maximum atomic E-state index is 5.83. The van der Waals surface area contributed by atoms with Gasteiger partial charge in [0.1, 0.15) is 0 Å². The van der Waals surface area contributed by atoms with Crippen molar-refractivity contribution in [3.8, 4) is 0 Å². The first-order valence-electron chi connectivity index (χ1n) is 5.79. The number of nitrogens with zero attached hydrogens (tertiary/aromatic N) is 1. The smallest absolute Gasteiger partial charge is 0.0248 e. The molecular formula is C13H20N2.